The monoisotopic (exact) mass is 276 g/mol. The molecule has 0 aromatic carbocycles. The fourth-order valence-corrected chi connectivity index (χ4v) is 1.68. The number of rotatable bonds is 5. The maximum Gasteiger partial charge on any atom is 0.405 e. The van der Waals surface area contributed by atoms with Crippen LogP contribution >= 0.6 is 0 Å². The van der Waals surface area contributed by atoms with Gasteiger partial charge in [-0.05, 0) is 12.5 Å². The number of hydrogen-bond acceptors (Lipinski definition) is 4. The molecule has 0 aliphatic heterocycles. The molecular formula is C11H15F3N4O. The molecule has 0 saturated carbocycles. The third kappa shape index (κ3) is 4.31. The molecule has 106 valence electrons. The van der Waals surface area contributed by atoms with Crippen molar-refractivity contribution in [3.05, 3.63) is 24.0 Å². The largest absolute Gasteiger partial charge is 0.409 e. The number of oxime groups is 1. The second kappa shape index (κ2) is 6.26. The van der Waals surface area contributed by atoms with Gasteiger partial charge in [0.2, 0.25) is 0 Å². The summed E-state index contributed by atoms with van der Waals surface area (Å²) >= 11 is 0. The highest BCUT2D eigenvalue weighted by Gasteiger charge is 2.31. The number of halogens is 3. The minimum Gasteiger partial charge on any atom is -0.409 e. The summed E-state index contributed by atoms with van der Waals surface area (Å²) in [5.74, 6) is -0.249. The third-order valence-corrected chi connectivity index (χ3v) is 2.39. The van der Waals surface area contributed by atoms with Crippen LogP contribution in [-0.2, 0) is 0 Å². The van der Waals surface area contributed by atoms with Gasteiger partial charge in [0.25, 0.3) is 0 Å². The molecule has 1 heterocycles. The van der Waals surface area contributed by atoms with E-state index in [1.165, 1.54) is 18.5 Å². The molecule has 1 aromatic rings. The second-order valence-electron chi connectivity index (χ2n) is 3.91. The van der Waals surface area contributed by atoms with Crippen molar-refractivity contribution in [2.45, 2.75) is 19.5 Å². The lowest BCUT2D eigenvalue weighted by Crippen LogP contribution is -2.36. The maximum absolute atomic E-state index is 12.6. The molecule has 0 spiro atoms. The Morgan fingerprint density at radius 3 is 2.74 bits per heavy atom. The summed E-state index contributed by atoms with van der Waals surface area (Å²) in [6.07, 6.45) is -1.17. The van der Waals surface area contributed by atoms with E-state index in [2.05, 4.69) is 10.1 Å². The zero-order valence-electron chi connectivity index (χ0n) is 10.4. The van der Waals surface area contributed by atoms with Crippen molar-refractivity contribution in [3.8, 4) is 0 Å². The van der Waals surface area contributed by atoms with Crippen LogP contribution in [0.5, 0.6) is 0 Å². The number of amidine groups is 1. The molecule has 0 amide bonds. The third-order valence-electron chi connectivity index (χ3n) is 2.39. The zero-order valence-corrected chi connectivity index (χ0v) is 10.4. The van der Waals surface area contributed by atoms with Crippen molar-refractivity contribution in [2.75, 3.05) is 18.0 Å². The van der Waals surface area contributed by atoms with Crippen molar-refractivity contribution in [3.63, 3.8) is 0 Å². The summed E-state index contributed by atoms with van der Waals surface area (Å²) in [7, 11) is 0. The molecule has 0 radical (unpaired) electrons. The van der Waals surface area contributed by atoms with Crippen LogP contribution < -0.4 is 10.6 Å². The van der Waals surface area contributed by atoms with Gasteiger partial charge in [0.1, 0.15) is 6.54 Å². The Bertz CT molecular complexity index is 448. The SMILES string of the molecule is CCCN(CC(F)(F)F)c1cnccc1/C(N)=N/O. The smallest absolute Gasteiger partial charge is 0.405 e. The van der Waals surface area contributed by atoms with E-state index >= 15 is 0 Å². The van der Waals surface area contributed by atoms with Crippen LogP contribution in [0.4, 0.5) is 18.9 Å². The summed E-state index contributed by atoms with van der Waals surface area (Å²) in [5, 5.41) is 11.5. The van der Waals surface area contributed by atoms with E-state index in [-0.39, 0.29) is 23.6 Å². The van der Waals surface area contributed by atoms with E-state index in [1.54, 1.807) is 6.92 Å². The first-order chi connectivity index (χ1) is 8.89. The quantitative estimate of drug-likeness (QED) is 0.373. The average molecular weight is 276 g/mol. The molecule has 0 unspecified atom stereocenters. The van der Waals surface area contributed by atoms with Crippen molar-refractivity contribution in [1.82, 2.24) is 4.98 Å². The minimum absolute atomic E-state index is 0.191. The molecule has 19 heavy (non-hydrogen) atoms. The molecule has 0 aliphatic carbocycles. The number of nitrogens with two attached hydrogens (primary N) is 1. The molecule has 0 saturated heterocycles. The highest BCUT2D eigenvalue weighted by molar-refractivity contribution is 6.02. The Kier molecular flexibility index (Phi) is 4.96. The summed E-state index contributed by atoms with van der Waals surface area (Å²) in [6, 6.07) is 1.41. The van der Waals surface area contributed by atoms with Crippen molar-refractivity contribution in [1.29, 1.82) is 0 Å². The van der Waals surface area contributed by atoms with Gasteiger partial charge in [-0.15, -0.1) is 0 Å². The lowest BCUT2D eigenvalue weighted by molar-refractivity contribution is -0.119. The molecule has 0 fully saturated rings. The van der Waals surface area contributed by atoms with E-state index in [0.717, 1.165) is 4.90 Å². The highest BCUT2D eigenvalue weighted by Crippen LogP contribution is 2.24. The second-order valence-corrected chi connectivity index (χ2v) is 3.91. The van der Waals surface area contributed by atoms with Crippen molar-refractivity contribution < 1.29 is 18.4 Å². The van der Waals surface area contributed by atoms with E-state index < -0.39 is 12.7 Å². The Morgan fingerprint density at radius 1 is 1.53 bits per heavy atom. The van der Waals surface area contributed by atoms with Gasteiger partial charge in [-0.3, -0.25) is 4.98 Å². The fourth-order valence-electron chi connectivity index (χ4n) is 1.68. The Morgan fingerprint density at radius 2 is 2.21 bits per heavy atom. The van der Waals surface area contributed by atoms with Gasteiger partial charge in [0.05, 0.1) is 11.9 Å². The first-order valence-corrected chi connectivity index (χ1v) is 5.62. The topological polar surface area (TPSA) is 74.7 Å². The maximum atomic E-state index is 12.6. The Balaban J connectivity index is 3.15. The van der Waals surface area contributed by atoms with Gasteiger partial charge < -0.3 is 15.8 Å². The highest BCUT2D eigenvalue weighted by atomic mass is 19.4. The molecule has 3 N–H and O–H groups in total. The fraction of sp³-hybridized carbons (Fsp3) is 0.455. The van der Waals surface area contributed by atoms with E-state index in [9.17, 15) is 13.2 Å². The van der Waals surface area contributed by atoms with Gasteiger partial charge in [-0.25, -0.2) is 0 Å². The number of aromatic nitrogens is 1. The summed E-state index contributed by atoms with van der Waals surface area (Å²) in [6.45, 7) is 0.845. The van der Waals surface area contributed by atoms with Crippen LogP contribution in [0.25, 0.3) is 0 Å². The molecule has 5 nitrogen and oxygen atoms in total. The number of alkyl halides is 3. The number of nitrogens with zero attached hydrogens (tertiary/aromatic N) is 3. The summed E-state index contributed by atoms with van der Waals surface area (Å²) < 4.78 is 37.7. The first kappa shape index (κ1) is 15.1. The van der Waals surface area contributed by atoms with Gasteiger partial charge in [0.15, 0.2) is 5.84 Å². The normalized spacial score (nSPS) is 12.5. The Hall–Kier alpha value is -1.99. The van der Waals surface area contributed by atoms with Crippen LogP contribution in [0.3, 0.4) is 0 Å². The molecule has 0 bridgehead atoms. The standard InChI is InChI=1S/C11H15F3N4O/c1-2-5-18(7-11(12,13)14)9-6-16-4-3-8(9)10(15)17-19/h3-4,6,19H,2,5,7H2,1H3,(H2,15,17). The van der Waals surface area contributed by atoms with Crippen molar-refractivity contribution in [2.24, 2.45) is 10.9 Å². The van der Waals surface area contributed by atoms with Crippen LogP contribution in [0.2, 0.25) is 0 Å². The number of hydrogen-bond donors (Lipinski definition) is 2. The van der Waals surface area contributed by atoms with Crippen LogP contribution in [0.1, 0.15) is 18.9 Å². The molecule has 0 aliphatic rings. The van der Waals surface area contributed by atoms with E-state index in [1.807, 2.05) is 0 Å². The summed E-state index contributed by atoms with van der Waals surface area (Å²) in [5.41, 5.74) is 5.87. The molecule has 0 atom stereocenters. The van der Waals surface area contributed by atoms with Crippen LogP contribution in [0, 0.1) is 0 Å². The predicted molar refractivity (Wildman–Crippen MR) is 65.3 cm³/mol. The van der Waals surface area contributed by atoms with E-state index in [0.29, 0.717) is 6.42 Å². The molecule has 1 rings (SSSR count). The number of anilines is 1. The molecule has 1 aromatic heterocycles. The van der Waals surface area contributed by atoms with Crippen LogP contribution in [0.15, 0.2) is 23.6 Å². The van der Waals surface area contributed by atoms with Gasteiger partial charge in [-0.2, -0.15) is 13.2 Å². The summed E-state index contributed by atoms with van der Waals surface area (Å²) in [4.78, 5) is 4.91. The first-order valence-electron chi connectivity index (χ1n) is 5.62. The predicted octanol–water partition coefficient (Wildman–Crippen LogP) is 1.95. The minimum atomic E-state index is -4.34. The lowest BCUT2D eigenvalue weighted by Gasteiger charge is -2.26. The lowest BCUT2D eigenvalue weighted by atomic mass is 10.2. The Labute approximate surface area is 108 Å². The van der Waals surface area contributed by atoms with Crippen LogP contribution in [-0.4, -0.2) is 35.3 Å². The average Bonchev–Trinajstić information content (AvgIpc) is 2.36. The zero-order chi connectivity index (χ0) is 14.5. The molecule has 8 heteroatoms. The van der Waals surface area contributed by atoms with Gasteiger partial charge in [-0.1, -0.05) is 12.1 Å². The van der Waals surface area contributed by atoms with Crippen molar-refractivity contribution >= 4 is 11.5 Å². The molecular weight excluding hydrogens is 261 g/mol. The number of pyridine rings is 1. The van der Waals surface area contributed by atoms with E-state index in [4.69, 9.17) is 10.9 Å². The van der Waals surface area contributed by atoms with Gasteiger partial charge in [0, 0.05) is 18.3 Å². The van der Waals surface area contributed by atoms with Gasteiger partial charge >= 0.3 is 6.18 Å².